The van der Waals surface area contributed by atoms with Gasteiger partial charge in [-0.3, -0.25) is 0 Å². The number of nitrogens with one attached hydrogen (secondary N) is 1. The Balaban J connectivity index is 1.61. The van der Waals surface area contributed by atoms with Gasteiger partial charge in [-0.05, 0) is 30.2 Å². The molecule has 5 nitrogen and oxygen atoms in total. The fraction of sp³-hybridized carbons (Fsp3) is 0.429. The third kappa shape index (κ3) is 2.19. The maximum atomic E-state index is 5.67. The zero-order valence-electron chi connectivity index (χ0n) is 11.0. The quantitative estimate of drug-likeness (QED) is 0.916. The SMILES string of the molecule is c1cc2c(cc1-c1nc(C3CSCCO3)no1)CCN2. The molecule has 2 aliphatic heterocycles. The van der Waals surface area contributed by atoms with Crippen molar-refractivity contribution in [3.63, 3.8) is 0 Å². The van der Waals surface area contributed by atoms with Crippen molar-refractivity contribution in [2.45, 2.75) is 12.5 Å². The molecular formula is C14H15N3O2S. The summed E-state index contributed by atoms with van der Waals surface area (Å²) in [6.07, 6.45) is 1.01. The second-order valence-corrected chi connectivity index (χ2v) is 6.09. The van der Waals surface area contributed by atoms with E-state index in [0.29, 0.717) is 11.7 Å². The van der Waals surface area contributed by atoms with Crippen LogP contribution in [0.2, 0.25) is 0 Å². The maximum absolute atomic E-state index is 5.67. The van der Waals surface area contributed by atoms with Gasteiger partial charge >= 0.3 is 0 Å². The Hall–Kier alpha value is -1.53. The van der Waals surface area contributed by atoms with E-state index < -0.39 is 0 Å². The van der Waals surface area contributed by atoms with Crippen molar-refractivity contribution in [1.29, 1.82) is 0 Å². The molecule has 1 saturated heterocycles. The van der Waals surface area contributed by atoms with Crippen LogP contribution in [0.5, 0.6) is 0 Å². The highest BCUT2D eigenvalue weighted by molar-refractivity contribution is 7.99. The van der Waals surface area contributed by atoms with Gasteiger partial charge in [0, 0.05) is 29.3 Å². The normalized spacial score (nSPS) is 21.5. The molecule has 0 radical (unpaired) electrons. The van der Waals surface area contributed by atoms with Crippen molar-refractivity contribution in [2.24, 2.45) is 0 Å². The van der Waals surface area contributed by atoms with Crippen LogP contribution >= 0.6 is 11.8 Å². The number of thioether (sulfide) groups is 1. The molecule has 0 amide bonds. The first-order valence-corrected chi connectivity index (χ1v) is 7.96. The van der Waals surface area contributed by atoms with Crippen LogP contribution in [0.25, 0.3) is 11.5 Å². The van der Waals surface area contributed by atoms with Crippen molar-refractivity contribution < 1.29 is 9.26 Å². The van der Waals surface area contributed by atoms with Crippen LogP contribution in [0, 0.1) is 0 Å². The standard InChI is InChI=1S/C14H15N3O2S/c1-2-11-9(3-4-15-11)7-10(1)14-16-13(17-19-14)12-8-20-6-5-18-12/h1-2,7,12,15H,3-6,8H2. The molecule has 1 aromatic carbocycles. The van der Waals surface area contributed by atoms with Crippen LogP contribution in [0.4, 0.5) is 5.69 Å². The average molecular weight is 289 g/mol. The molecule has 1 unspecified atom stereocenters. The topological polar surface area (TPSA) is 60.2 Å². The van der Waals surface area contributed by atoms with Crippen LogP contribution < -0.4 is 5.32 Å². The minimum absolute atomic E-state index is 0.0395. The van der Waals surface area contributed by atoms with E-state index in [-0.39, 0.29) is 6.10 Å². The average Bonchev–Trinajstić information content (AvgIpc) is 3.16. The summed E-state index contributed by atoms with van der Waals surface area (Å²) < 4.78 is 11.1. The summed E-state index contributed by atoms with van der Waals surface area (Å²) in [5.41, 5.74) is 3.50. The predicted molar refractivity (Wildman–Crippen MR) is 77.9 cm³/mol. The molecule has 20 heavy (non-hydrogen) atoms. The van der Waals surface area contributed by atoms with Gasteiger partial charge in [-0.15, -0.1) is 0 Å². The number of nitrogens with zero attached hydrogens (tertiary/aromatic N) is 2. The Morgan fingerprint density at radius 1 is 1.35 bits per heavy atom. The lowest BCUT2D eigenvalue weighted by atomic mass is 10.1. The monoisotopic (exact) mass is 289 g/mol. The van der Waals surface area contributed by atoms with E-state index >= 15 is 0 Å². The third-order valence-electron chi connectivity index (χ3n) is 3.61. The molecule has 1 fully saturated rings. The number of ether oxygens (including phenoxy) is 1. The lowest BCUT2D eigenvalue weighted by molar-refractivity contribution is 0.0677. The summed E-state index contributed by atoms with van der Waals surface area (Å²) in [4.78, 5) is 4.49. The minimum atomic E-state index is -0.0395. The Morgan fingerprint density at radius 3 is 3.25 bits per heavy atom. The van der Waals surface area contributed by atoms with E-state index in [9.17, 15) is 0 Å². The van der Waals surface area contributed by atoms with E-state index in [1.807, 2.05) is 17.8 Å². The largest absolute Gasteiger partial charge is 0.384 e. The number of benzene rings is 1. The Bertz CT molecular complexity index is 623. The summed E-state index contributed by atoms with van der Waals surface area (Å²) in [6.45, 7) is 1.75. The molecule has 3 heterocycles. The fourth-order valence-electron chi connectivity index (χ4n) is 2.56. The van der Waals surface area contributed by atoms with E-state index in [1.54, 1.807) is 0 Å². The van der Waals surface area contributed by atoms with Gasteiger partial charge in [-0.25, -0.2) is 0 Å². The van der Waals surface area contributed by atoms with Crippen molar-refractivity contribution in [2.75, 3.05) is 30.0 Å². The van der Waals surface area contributed by atoms with Crippen molar-refractivity contribution >= 4 is 17.4 Å². The molecule has 2 aromatic rings. The van der Waals surface area contributed by atoms with Crippen LogP contribution in [0.3, 0.4) is 0 Å². The van der Waals surface area contributed by atoms with Crippen LogP contribution in [-0.2, 0) is 11.2 Å². The molecule has 0 bridgehead atoms. The Kier molecular flexibility index (Phi) is 3.12. The predicted octanol–water partition coefficient (Wildman–Crippen LogP) is 2.51. The molecule has 1 atom stereocenters. The molecule has 0 spiro atoms. The van der Waals surface area contributed by atoms with Crippen LogP contribution in [0.15, 0.2) is 22.7 Å². The summed E-state index contributed by atoms with van der Waals surface area (Å²) >= 11 is 1.86. The van der Waals surface area contributed by atoms with Gasteiger partial charge in [0.25, 0.3) is 5.89 Å². The first-order valence-electron chi connectivity index (χ1n) is 6.80. The fourth-order valence-corrected chi connectivity index (χ4v) is 3.40. The number of hydrogen-bond donors (Lipinski definition) is 1. The number of hydrogen-bond acceptors (Lipinski definition) is 6. The van der Waals surface area contributed by atoms with E-state index in [4.69, 9.17) is 9.26 Å². The first-order chi connectivity index (χ1) is 9.90. The number of aromatic nitrogens is 2. The smallest absolute Gasteiger partial charge is 0.258 e. The lowest BCUT2D eigenvalue weighted by Gasteiger charge is -2.18. The lowest BCUT2D eigenvalue weighted by Crippen LogP contribution is -2.16. The number of rotatable bonds is 2. The van der Waals surface area contributed by atoms with Gasteiger partial charge in [0.2, 0.25) is 5.82 Å². The summed E-state index contributed by atoms with van der Waals surface area (Å²) in [7, 11) is 0. The molecule has 1 N–H and O–H groups in total. The molecule has 104 valence electrons. The molecule has 0 aliphatic carbocycles. The first kappa shape index (κ1) is 12.2. The van der Waals surface area contributed by atoms with Gasteiger partial charge in [0.1, 0.15) is 6.10 Å². The highest BCUT2D eigenvalue weighted by Gasteiger charge is 2.23. The molecule has 4 rings (SSSR count). The van der Waals surface area contributed by atoms with E-state index in [1.165, 1.54) is 11.3 Å². The number of anilines is 1. The van der Waals surface area contributed by atoms with Crippen LogP contribution in [-0.4, -0.2) is 34.8 Å². The van der Waals surface area contributed by atoms with Crippen LogP contribution in [0.1, 0.15) is 17.5 Å². The number of fused-ring (bicyclic) bond motifs is 1. The van der Waals surface area contributed by atoms with Gasteiger partial charge in [0.05, 0.1) is 6.61 Å². The Labute approximate surface area is 121 Å². The molecule has 6 heteroatoms. The maximum Gasteiger partial charge on any atom is 0.258 e. The zero-order chi connectivity index (χ0) is 13.4. The van der Waals surface area contributed by atoms with Crippen molar-refractivity contribution in [3.8, 4) is 11.5 Å². The molecular weight excluding hydrogens is 274 g/mol. The highest BCUT2D eigenvalue weighted by Crippen LogP contribution is 2.30. The van der Waals surface area contributed by atoms with Gasteiger partial charge in [0.15, 0.2) is 0 Å². The molecule has 2 aliphatic rings. The Morgan fingerprint density at radius 2 is 2.35 bits per heavy atom. The summed E-state index contributed by atoms with van der Waals surface area (Å²) in [5, 5.41) is 7.42. The molecule has 0 saturated carbocycles. The van der Waals surface area contributed by atoms with Gasteiger partial charge in [-0.1, -0.05) is 5.16 Å². The highest BCUT2D eigenvalue weighted by atomic mass is 32.2. The van der Waals surface area contributed by atoms with E-state index in [0.717, 1.165) is 36.6 Å². The third-order valence-corrected chi connectivity index (χ3v) is 4.60. The minimum Gasteiger partial charge on any atom is -0.384 e. The zero-order valence-corrected chi connectivity index (χ0v) is 11.8. The van der Waals surface area contributed by atoms with E-state index in [2.05, 4.69) is 27.6 Å². The van der Waals surface area contributed by atoms with Gasteiger partial charge < -0.3 is 14.6 Å². The summed E-state index contributed by atoms with van der Waals surface area (Å²) in [5.74, 6) is 3.17. The second-order valence-electron chi connectivity index (χ2n) is 4.94. The second kappa shape index (κ2) is 5.10. The molecule has 1 aromatic heterocycles. The van der Waals surface area contributed by atoms with Crippen molar-refractivity contribution in [3.05, 3.63) is 29.6 Å². The summed E-state index contributed by atoms with van der Waals surface area (Å²) in [6, 6.07) is 6.22. The van der Waals surface area contributed by atoms with Crippen molar-refractivity contribution in [1.82, 2.24) is 10.1 Å². The van der Waals surface area contributed by atoms with Gasteiger partial charge in [-0.2, -0.15) is 16.7 Å².